The molecule has 1 aromatic carbocycles. The fourth-order valence-electron chi connectivity index (χ4n) is 2.56. The van der Waals surface area contributed by atoms with Crippen molar-refractivity contribution in [3.05, 3.63) is 53.9 Å². The minimum absolute atomic E-state index is 0.0443. The average molecular weight is 331 g/mol. The van der Waals surface area contributed by atoms with Crippen LogP contribution >= 0.6 is 0 Å². The molecule has 0 radical (unpaired) electrons. The molecule has 2 heterocycles. The van der Waals surface area contributed by atoms with Crippen LogP contribution < -0.4 is 9.62 Å². The van der Waals surface area contributed by atoms with Gasteiger partial charge in [-0.3, -0.25) is 9.78 Å². The number of hydrogen-bond donors (Lipinski definition) is 1. The number of hydrogen-bond acceptors (Lipinski definition) is 4. The summed E-state index contributed by atoms with van der Waals surface area (Å²) in [5, 5.41) is 0. The molecule has 0 unspecified atom stereocenters. The smallest absolute Gasteiger partial charge is 0.240 e. The molecule has 1 amide bonds. The second kappa shape index (κ2) is 6.10. The van der Waals surface area contributed by atoms with Gasteiger partial charge in [-0.1, -0.05) is 6.07 Å². The largest absolute Gasteiger partial charge is 0.315 e. The van der Waals surface area contributed by atoms with Gasteiger partial charge in [0.1, 0.15) is 0 Å². The Hall–Kier alpha value is -2.25. The molecule has 6 nitrogen and oxygen atoms in total. The van der Waals surface area contributed by atoms with Crippen molar-refractivity contribution in [1.82, 2.24) is 9.71 Å². The predicted molar refractivity (Wildman–Crippen MR) is 86.4 cm³/mol. The highest BCUT2D eigenvalue weighted by Crippen LogP contribution is 2.28. The van der Waals surface area contributed by atoms with Gasteiger partial charge in [-0.05, 0) is 41.8 Å². The molecule has 23 heavy (non-hydrogen) atoms. The summed E-state index contributed by atoms with van der Waals surface area (Å²) in [5.41, 5.74) is 2.43. The molecule has 0 aliphatic carbocycles. The molecule has 1 aliphatic rings. The number of fused-ring (bicyclic) bond motifs is 1. The number of rotatable bonds is 4. The third-order valence-electron chi connectivity index (χ3n) is 3.89. The van der Waals surface area contributed by atoms with Crippen LogP contribution in [0.3, 0.4) is 0 Å². The lowest BCUT2D eigenvalue weighted by molar-refractivity contribution is -0.118. The van der Waals surface area contributed by atoms with E-state index in [0.717, 1.165) is 16.8 Å². The molecular weight excluding hydrogens is 314 g/mol. The highest BCUT2D eigenvalue weighted by Gasteiger charge is 2.23. The van der Waals surface area contributed by atoms with E-state index in [-0.39, 0.29) is 17.3 Å². The molecule has 0 saturated carbocycles. The topological polar surface area (TPSA) is 79.4 Å². The van der Waals surface area contributed by atoms with Gasteiger partial charge >= 0.3 is 0 Å². The van der Waals surface area contributed by atoms with Crippen molar-refractivity contribution in [2.24, 2.45) is 0 Å². The summed E-state index contributed by atoms with van der Waals surface area (Å²) in [7, 11) is -1.90. The van der Waals surface area contributed by atoms with Gasteiger partial charge in [0, 0.05) is 38.1 Å². The van der Waals surface area contributed by atoms with Crippen LogP contribution in [0.25, 0.3) is 0 Å². The summed E-state index contributed by atoms with van der Waals surface area (Å²) in [6, 6.07) is 8.42. The van der Waals surface area contributed by atoms with Gasteiger partial charge in [0.05, 0.1) is 4.90 Å². The molecule has 0 fully saturated rings. The fraction of sp³-hybridized carbons (Fsp3) is 0.250. The van der Waals surface area contributed by atoms with Crippen molar-refractivity contribution in [1.29, 1.82) is 0 Å². The summed E-state index contributed by atoms with van der Waals surface area (Å²) in [4.78, 5) is 17.4. The molecular formula is C16H17N3O3S. The third kappa shape index (κ3) is 3.25. The predicted octanol–water partition coefficient (Wildman–Crippen LogP) is 1.47. The van der Waals surface area contributed by atoms with Gasteiger partial charge < -0.3 is 4.90 Å². The number of carbonyl (C=O) groups is 1. The molecule has 0 saturated heterocycles. The Morgan fingerprint density at radius 2 is 2.09 bits per heavy atom. The number of pyridine rings is 1. The standard InChI is InChI=1S/C16H17N3O3S/c1-19-15-6-5-14(9-13(15)4-7-16(19)20)23(21,22)18-11-12-3-2-8-17-10-12/h2-3,5-6,8-10,18H,4,7,11H2,1H3. The lowest BCUT2D eigenvalue weighted by Gasteiger charge is -2.26. The Bertz CT molecular complexity index is 835. The van der Waals surface area contributed by atoms with Crippen LogP contribution in [0, 0.1) is 0 Å². The van der Waals surface area contributed by atoms with E-state index in [1.165, 1.54) is 6.07 Å². The Morgan fingerprint density at radius 3 is 2.83 bits per heavy atom. The number of nitrogens with zero attached hydrogens (tertiary/aromatic N) is 2. The highest BCUT2D eigenvalue weighted by atomic mass is 32.2. The van der Waals surface area contributed by atoms with E-state index in [1.807, 2.05) is 6.07 Å². The average Bonchev–Trinajstić information content (AvgIpc) is 2.57. The maximum atomic E-state index is 12.4. The van der Waals surface area contributed by atoms with Crippen LogP contribution in [0.4, 0.5) is 5.69 Å². The normalized spacial score (nSPS) is 14.7. The van der Waals surface area contributed by atoms with Gasteiger partial charge in [-0.25, -0.2) is 13.1 Å². The summed E-state index contributed by atoms with van der Waals surface area (Å²) in [6.45, 7) is 0.186. The van der Waals surface area contributed by atoms with Gasteiger partial charge in [-0.2, -0.15) is 0 Å². The molecule has 1 N–H and O–H groups in total. The molecule has 1 aromatic heterocycles. The number of carbonyl (C=O) groups excluding carboxylic acids is 1. The molecule has 1 aliphatic heterocycles. The number of nitrogens with one attached hydrogen (secondary N) is 1. The van der Waals surface area contributed by atoms with E-state index >= 15 is 0 Å². The summed E-state index contributed by atoms with van der Waals surface area (Å²) in [5.74, 6) is 0.0443. The SMILES string of the molecule is CN1C(=O)CCc2cc(S(=O)(=O)NCc3cccnc3)ccc21. The summed E-state index contributed by atoms with van der Waals surface area (Å²) >= 11 is 0. The first-order chi connectivity index (χ1) is 11.0. The molecule has 0 bridgehead atoms. The minimum Gasteiger partial charge on any atom is -0.315 e. The van der Waals surface area contributed by atoms with Gasteiger partial charge in [-0.15, -0.1) is 0 Å². The van der Waals surface area contributed by atoms with Crippen molar-refractivity contribution < 1.29 is 13.2 Å². The number of anilines is 1. The third-order valence-corrected chi connectivity index (χ3v) is 5.29. The zero-order chi connectivity index (χ0) is 16.4. The van der Waals surface area contributed by atoms with Crippen LogP contribution in [0.5, 0.6) is 0 Å². The second-order valence-electron chi connectivity index (χ2n) is 5.43. The van der Waals surface area contributed by atoms with Crippen LogP contribution in [0.15, 0.2) is 47.6 Å². The minimum atomic E-state index is -3.60. The first kappa shape index (κ1) is 15.6. The first-order valence-electron chi connectivity index (χ1n) is 7.25. The van der Waals surface area contributed by atoms with Crippen LogP contribution in [-0.4, -0.2) is 26.4 Å². The zero-order valence-electron chi connectivity index (χ0n) is 12.7. The lowest BCUT2D eigenvalue weighted by atomic mass is 10.0. The van der Waals surface area contributed by atoms with Crippen molar-refractivity contribution in [2.75, 3.05) is 11.9 Å². The van der Waals surface area contributed by atoms with Crippen LogP contribution in [0.1, 0.15) is 17.5 Å². The quantitative estimate of drug-likeness (QED) is 0.920. The highest BCUT2D eigenvalue weighted by molar-refractivity contribution is 7.89. The number of sulfonamides is 1. The van der Waals surface area contributed by atoms with E-state index in [1.54, 1.807) is 42.5 Å². The zero-order valence-corrected chi connectivity index (χ0v) is 13.5. The van der Waals surface area contributed by atoms with E-state index in [0.29, 0.717) is 12.8 Å². The maximum Gasteiger partial charge on any atom is 0.240 e. The number of amides is 1. The molecule has 0 spiro atoms. The molecule has 7 heteroatoms. The van der Waals surface area contributed by atoms with Crippen LogP contribution in [-0.2, 0) is 27.8 Å². The second-order valence-corrected chi connectivity index (χ2v) is 7.20. The van der Waals surface area contributed by atoms with Gasteiger partial charge in [0.25, 0.3) is 0 Å². The number of aryl methyl sites for hydroxylation is 1. The Morgan fingerprint density at radius 1 is 1.26 bits per heavy atom. The Labute approximate surface area is 135 Å². The van der Waals surface area contributed by atoms with E-state index < -0.39 is 10.0 Å². The first-order valence-corrected chi connectivity index (χ1v) is 8.74. The van der Waals surface area contributed by atoms with Gasteiger partial charge in [0.15, 0.2) is 0 Å². The Kier molecular flexibility index (Phi) is 4.14. The van der Waals surface area contributed by atoms with E-state index in [9.17, 15) is 13.2 Å². The lowest BCUT2D eigenvalue weighted by Crippen LogP contribution is -2.31. The Balaban J connectivity index is 1.82. The molecule has 2 aromatic rings. The van der Waals surface area contributed by atoms with E-state index in [2.05, 4.69) is 9.71 Å². The van der Waals surface area contributed by atoms with E-state index in [4.69, 9.17) is 0 Å². The van der Waals surface area contributed by atoms with Crippen molar-refractivity contribution in [2.45, 2.75) is 24.3 Å². The fourth-order valence-corrected chi connectivity index (χ4v) is 3.63. The summed E-state index contributed by atoms with van der Waals surface area (Å²) < 4.78 is 27.4. The number of benzene rings is 1. The molecule has 0 atom stereocenters. The molecule has 3 rings (SSSR count). The molecule has 120 valence electrons. The van der Waals surface area contributed by atoms with Crippen molar-refractivity contribution in [3.63, 3.8) is 0 Å². The summed E-state index contributed by atoms with van der Waals surface area (Å²) in [6.07, 6.45) is 4.22. The van der Waals surface area contributed by atoms with Gasteiger partial charge in [0.2, 0.25) is 15.9 Å². The van der Waals surface area contributed by atoms with Crippen LogP contribution in [0.2, 0.25) is 0 Å². The maximum absolute atomic E-state index is 12.4. The van der Waals surface area contributed by atoms with Crippen molar-refractivity contribution >= 4 is 21.6 Å². The van der Waals surface area contributed by atoms with Crippen molar-refractivity contribution in [3.8, 4) is 0 Å². The number of aromatic nitrogens is 1. The monoisotopic (exact) mass is 331 g/mol.